The number of halogens is 1. The van der Waals surface area contributed by atoms with Crippen LogP contribution in [-0.4, -0.2) is 53.6 Å². The minimum absolute atomic E-state index is 0.0957. The van der Waals surface area contributed by atoms with E-state index in [2.05, 4.69) is 29.8 Å². The number of carbonyl (C=O) groups is 2. The molecule has 1 aromatic rings. The van der Waals surface area contributed by atoms with E-state index in [4.69, 9.17) is 9.15 Å². The summed E-state index contributed by atoms with van der Waals surface area (Å²) < 4.78 is 11.2. The Bertz CT molecular complexity index is 609. The van der Waals surface area contributed by atoms with Gasteiger partial charge in [-0.1, -0.05) is 20.3 Å². The lowest BCUT2D eigenvalue weighted by Gasteiger charge is -2.38. The van der Waals surface area contributed by atoms with Crippen LogP contribution < -0.4 is 0 Å². The van der Waals surface area contributed by atoms with Gasteiger partial charge < -0.3 is 14.1 Å². The van der Waals surface area contributed by atoms with Crippen molar-refractivity contribution in [2.24, 2.45) is 5.92 Å². The van der Waals surface area contributed by atoms with Crippen molar-refractivity contribution >= 4 is 27.9 Å². The molecule has 6 nitrogen and oxygen atoms in total. The maximum Gasteiger partial charge on any atom is 0.410 e. The Morgan fingerprint density at radius 2 is 2.08 bits per heavy atom. The van der Waals surface area contributed by atoms with Crippen LogP contribution in [0.25, 0.3) is 0 Å². The predicted octanol–water partition coefficient (Wildman–Crippen LogP) is 3.51. The molecule has 0 aromatic carbocycles. The second-order valence-corrected chi connectivity index (χ2v) is 7.35. The molecule has 0 radical (unpaired) electrons. The van der Waals surface area contributed by atoms with Crippen molar-refractivity contribution in [1.29, 1.82) is 0 Å². The molecule has 2 aliphatic rings. The van der Waals surface area contributed by atoms with E-state index in [1.165, 1.54) is 0 Å². The average Bonchev–Trinajstić information content (AvgIpc) is 3.19. The van der Waals surface area contributed by atoms with Crippen molar-refractivity contribution in [3.05, 3.63) is 22.6 Å². The number of nitrogens with zero attached hydrogens (tertiary/aromatic N) is 2. The van der Waals surface area contributed by atoms with Crippen LogP contribution in [0.4, 0.5) is 4.79 Å². The van der Waals surface area contributed by atoms with Gasteiger partial charge in [0, 0.05) is 19.1 Å². The van der Waals surface area contributed by atoms with Gasteiger partial charge in [0.15, 0.2) is 10.4 Å². The van der Waals surface area contributed by atoms with Gasteiger partial charge in [-0.05, 0) is 46.8 Å². The molecule has 0 spiro atoms. The Labute approximate surface area is 150 Å². The summed E-state index contributed by atoms with van der Waals surface area (Å²) in [6, 6.07) is 3.69. The summed E-state index contributed by atoms with van der Waals surface area (Å²) in [5.41, 5.74) is 0. The van der Waals surface area contributed by atoms with Crippen molar-refractivity contribution in [3.63, 3.8) is 0 Å². The summed E-state index contributed by atoms with van der Waals surface area (Å²) >= 11 is 3.22. The highest BCUT2D eigenvalue weighted by Gasteiger charge is 2.41. The predicted molar refractivity (Wildman–Crippen MR) is 91.8 cm³/mol. The number of furan rings is 1. The zero-order valence-electron chi connectivity index (χ0n) is 14.0. The molecule has 3 rings (SSSR count). The van der Waals surface area contributed by atoms with Gasteiger partial charge in [0.25, 0.3) is 5.91 Å². The van der Waals surface area contributed by atoms with Crippen LogP contribution in [0.2, 0.25) is 0 Å². The highest BCUT2D eigenvalue weighted by atomic mass is 79.9. The summed E-state index contributed by atoms with van der Waals surface area (Å²) in [5, 5.41) is 0. The summed E-state index contributed by atoms with van der Waals surface area (Å²) in [6.45, 7) is 6.02. The lowest BCUT2D eigenvalue weighted by molar-refractivity contribution is 0.0585. The molecule has 2 saturated heterocycles. The highest BCUT2D eigenvalue weighted by Crippen LogP contribution is 2.29. The van der Waals surface area contributed by atoms with E-state index in [9.17, 15) is 9.59 Å². The first-order valence-corrected chi connectivity index (χ1v) is 9.30. The molecule has 2 atom stereocenters. The number of hydrogen-bond acceptors (Lipinski definition) is 4. The van der Waals surface area contributed by atoms with E-state index < -0.39 is 0 Å². The first-order valence-electron chi connectivity index (χ1n) is 8.51. The molecular formula is C17H23BrN2O4. The molecule has 2 aliphatic heterocycles. The maximum absolute atomic E-state index is 12.4. The number of piperidine rings is 1. The fraction of sp³-hybridized carbons (Fsp3) is 0.647. The van der Waals surface area contributed by atoms with E-state index in [1.54, 1.807) is 17.0 Å². The number of hydrogen-bond donors (Lipinski definition) is 0. The quantitative estimate of drug-likeness (QED) is 0.778. The molecule has 0 N–H and O–H groups in total. The molecule has 2 amide bonds. The smallest absolute Gasteiger partial charge is 0.410 e. The van der Waals surface area contributed by atoms with E-state index in [1.807, 2.05) is 4.90 Å². The van der Waals surface area contributed by atoms with Crippen LogP contribution in [0.5, 0.6) is 0 Å². The number of ether oxygens (including phenoxy) is 1. The van der Waals surface area contributed by atoms with E-state index in [0.29, 0.717) is 36.0 Å². The van der Waals surface area contributed by atoms with Gasteiger partial charge in [-0.25, -0.2) is 4.79 Å². The van der Waals surface area contributed by atoms with Gasteiger partial charge in [-0.2, -0.15) is 0 Å². The van der Waals surface area contributed by atoms with Crippen molar-refractivity contribution in [1.82, 2.24) is 9.80 Å². The molecular weight excluding hydrogens is 376 g/mol. The second kappa shape index (κ2) is 7.17. The number of carbonyl (C=O) groups excluding carboxylic acids is 2. The van der Waals surface area contributed by atoms with Gasteiger partial charge in [-0.15, -0.1) is 0 Å². The zero-order chi connectivity index (χ0) is 17.3. The average molecular weight is 399 g/mol. The molecule has 2 fully saturated rings. The Morgan fingerprint density at radius 3 is 2.67 bits per heavy atom. The Hall–Kier alpha value is -1.50. The number of amides is 2. The van der Waals surface area contributed by atoms with Crippen LogP contribution in [0, 0.1) is 5.92 Å². The van der Waals surface area contributed by atoms with E-state index >= 15 is 0 Å². The van der Waals surface area contributed by atoms with Crippen LogP contribution >= 0.6 is 15.9 Å². The van der Waals surface area contributed by atoms with E-state index in [-0.39, 0.29) is 24.1 Å². The van der Waals surface area contributed by atoms with Crippen LogP contribution in [0.3, 0.4) is 0 Å². The molecule has 0 unspecified atom stereocenters. The summed E-state index contributed by atoms with van der Waals surface area (Å²) in [6.07, 6.45) is 2.36. The van der Waals surface area contributed by atoms with Gasteiger partial charge in [0.1, 0.15) is 6.61 Å². The topological polar surface area (TPSA) is 63.0 Å². The van der Waals surface area contributed by atoms with Crippen LogP contribution in [0.1, 0.15) is 43.7 Å². The lowest BCUT2D eigenvalue weighted by Crippen LogP contribution is -2.51. The highest BCUT2D eigenvalue weighted by molar-refractivity contribution is 9.10. The first-order chi connectivity index (χ1) is 11.5. The lowest BCUT2D eigenvalue weighted by atomic mass is 9.95. The van der Waals surface area contributed by atoms with Gasteiger partial charge >= 0.3 is 6.09 Å². The molecule has 7 heteroatoms. The number of cyclic esters (lactones) is 1. The minimum atomic E-state index is -0.208. The minimum Gasteiger partial charge on any atom is -0.447 e. The SMILES string of the molecule is CC[C@H](C)[C@@H]1COC(=O)N1C1CCN(C(=O)c2ccc(Br)o2)CC1. The van der Waals surface area contributed by atoms with Crippen molar-refractivity contribution < 1.29 is 18.7 Å². The summed E-state index contributed by atoms with van der Waals surface area (Å²) in [5.74, 6) is 0.664. The maximum atomic E-state index is 12.4. The Morgan fingerprint density at radius 1 is 1.38 bits per heavy atom. The van der Waals surface area contributed by atoms with Crippen LogP contribution in [-0.2, 0) is 4.74 Å². The summed E-state index contributed by atoms with van der Waals surface area (Å²) in [4.78, 5) is 28.3. The van der Waals surface area contributed by atoms with Gasteiger partial charge in [-0.3, -0.25) is 9.69 Å². The van der Waals surface area contributed by atoms with Crippen molar-refractivity contribution in [2.45, 2.75) is 45.2 Å². The molecule has 24 heavy (non-hydrogen) atoms. The molecule has 3 heterocycles. The van der Waals surface area contributed by atoms with Crippen LogP contribution in [0.15, 0.2) is 21.2 Å². The Balaban J connectivity index is 1.62. The fourth-order valence-electron chi connectivity index (χ4n) is 3.51. The normalized spacial score (nSPS) is 23.5. The second-order valence-electron chi connectivity index (χ2n) is 6.56. The third kappa shape index (κ3) is 3.31. The number of rotatable bonds is 4. The monoisotopic (exact) mass is 398 g/mol. The zero-order valence-corrected chi connectivity index (χ0v) is 15.6. The van der Waals surface area contributed by atoms with Gasteiger partial charge in [0.05, 0.1) is 6.04 Å². The standard InChI is InChI=1S/C17H23BrN2O4/c1-3-11(2)13-10-23-17(22)20(13)12-6-8-19(9-7-12)16(21)14-4-5-15(18)24-14/h4-5,11-13H,3,6-10H2,1-2H3/t11-,13-/m0/s1. The van der Waals surface area contributed by atoms with Crippen molar-refractivity contribution in [3.8, 4) is 0 Å². The molecule has 0 bridgehead atoms. The third-order valence-corrected chi connectivity index (χ3v) is 5.60. The molecule has 0 saturated carbocycles. The molecule has 1 aromatic heterocycles. The third-order valence-electron chi connectivity index (χ3n) is 5.18. The largest absolute Gasteiger partial charge is 0.447 e. The Kier molecular flexibility index (Phi) is 5.18. The molecule has 132 valence electrons. The first kappa shape index (κ1) is 17.3. The van der Waals surface area contributed by atoms with E-state index in [0.717, 1.165) is 19.3 Å². The number of likely N-dealkylation sites (tertiary alicyclic amines) is 1. The molecule has 0 aliphatic carbocycles. The van der Waals surface area contributed by atoms with Gasteiger partial charge in [0.2, 0.25) is 0 Å². The fourth-order valence-corrected chi connectivity index (χ4v) is 3.82. The summed E-state index contributed by atoms with van der Waals surface area (Å²) in [7, 11) is 0. The van der Waals surface area contributed by atoms with Crippen molar-refractivity contribution in [2.75, 3.05) is 19.7 Å².